The second-order valence-electron chi connectivity index (χ2n) is 8.35. The van der Waals surface area contributed by atoms with E-state index in [2.05, 4.69) is 5.32 Å². The van der Waals surface area contributed by atoms with Crippen molar-refractivity contribution >= 4 is 37.7 Å². The Labute approximate surface area is 188 Å². The van der Waals surface area contributed by atoms with Gasteiger partial charge in [-0.05, 0) is 24.1 Å². The third kappa shape index (κ3) is 3.94. The molecule has 0 radical (unpaired) electrons. The topological polar surface area (TPSA) is 127 Å². The largest absolute Gasteiger partial charge is 0.464 e. The van der Waals surface area contributed by atoms with Crippen molar-refractivity contribution in [3.8, 4) is 11.1 Å². The fraction of sp³-hybridized carbons (Fsp3) is 0.250. The molecule has 170 valence electrons. The Morgan fingerprint density at radius 2 is 1.88 bits per heavy atom. The minimum absolute atomic E-state index is 0.180. The van der Waals surface area contributed by atoms with Crippen LogP contribution in [-0.4, -0.2) is 43.1 Å². The van der Waals surface area contributed by atoms with Gasteiger partial charge < -0.3 is 19.3 Å². The molecule has 0 bridgehead atoms. The highest BCUT2D eigenvalue weighted by atomic mass is 32.2. The molecule has 1 fully saturated rings. The van der Waals surface area contributed by atoms with E-state index in [-0.39, 0.29) is 23.5 Å². The van der Waals surface area contributed by atoms with Gasteiger partial charge in [0.25, 0.3) is 0 Å². The summed E-state index contributed by atoms with van der Waals surface area (Å²) in [5.74, 6) is -1.27. The summed E-state index contributed by atoms with van der Waals surface area (Å²) in [6.07, 6.45) is 0.197. The molecule has 4 aromatic rings. The zero-order valence-corrected chi connectivity index (χ0v) is 18.5. The molecule has 9 heteroatoms. The highest BCUT2D eigenvalue weighted by molar-refractivity contribution is 7.91. The van der Waals surface area contributed by atoms with Crippen LogP contribution < -0.4 is 10.9 Å². The molecule has 8 nitrogen and oxygen atoms in total. The van der Waals surface area contributed by atoms with Crippen molar-refractivity contribution < 1.29 is 27.2 Å². The molecule has 0 spiro atoms. The molecule has 0 unspecified atom stereocenters. The van der Waals surface area contributed by atoms with Gasteiger partial charge in [-0.25, -0.2) is 13.2 Å². The van der Waals surface area contributed by atoms with Crippen LogP contribution >= 0.6 is 0 Å². The number of furan rings is 1. The number of aliphatic hydroxyl groups excluding tert-OH is 1. The summed E-state index contributed by atoms with van der Waals surface area (Å²) in [7, 11) is -3.40. The van der Waals surface area contributed by atoms with E-state index in [0.717, 1.165) is 16.5 Å². The summed E-state index contributed by atoms with van der Waals surface area (Å²) in [5.41, 5.74) is 2.93. The number of benzene rings is 2. The zero-order valence-electron chi connectivity index (χ0n) is 17.7. The number of carbonyl (C=O) groups is 1. The molecule has 0 aliphatic carbocycles. The van der Waals surface area contributed by atoms with E-state index < -0.39 is 33.5 Å². The van der Waals surface area contributed by atoms with Crippen molar-refractivity contribution in [2.75, 3.05) is 11.5 Å². The number of rotatable bonds is 4. The van der Waals surface area contributed by atoms with Gasteiger partial charge in [0.05, 0.1) is 41.9 Å². The van der Waals surface area contributed by atoms with E-state index in [4.69, 9.17) is 8.83 Å². The van der Waals surface area contributed by atoms with Gasteiger partial charge in [-0.1, -0.05) is 30.3 Å². The van der Waals surface area contributed by atoms with Gasteiger partial charge in [0, 0.05) is 22.4 Å². The molecule has 1 aliphatic heterocycles. The number of carbonyl (C=O) groups excluding carboxylic acids is 1. The Bertz CT molecular complexity index is 1550. The molecular weight excluding hydrogens is 446 g/mol. The lowest BCUT2D eigenvalue weighted by Crippen LogP contribution is -2.43. The second kappa shape index (κ2) is 7.86. The van der Waals surface area contributed by atoms with Crippen LogP contribution in [0, 0.1) is 6.92 Å². The van der Waals surface area contributed by atoms with Crippen LogP contribution in [0.15, 0.2) is 62.4 Å². The maximum atomic E-state index is 12.6. The minimum atomic E-state index is -3.40. The Morgan fingerprint density at radius 3 is 2.58 bits per heavy atom. The van der Waals surface area contributed by atoms with Crippen LogP contribution in [0.5, 0.6) is 0 Å². The molecule has 5 rings (SSSR count). The lowest BCUT2D eigenvalue weighted by Gasteiger charge is -2.15. The molecule has 1 amide bonds. The van der Waals surface area contributed by atoms with E-state index in [1.54, 1.807) is 19.3 Å². The van der Waals surface area contributed by atoms with Crippen LogP contribution in [0.2, 0.25) is 0 Å². The first-order valence-electron chi connectivity index (χ1n) is 10.4. The summed E-state index contributed by atoms with van der Waals surface area (Å²) in [4.78, 5) is 25.2. The van der Waals surface area contributed by atoms with Crippen LogP contribution in [-0.2, 0) is 21.1 Å². The van der Waals surface area contributed by atoms with Crippen LogP contribution in [0.25, 0.3) is 33.1 Å². The molecule has 1 aliphatic rings. The number of sulfone groups is 1. The highest BCUT2D eigenvalue weighted by Gasteiger charge is 2.37. The van der Waals surface area contributed by atoms with Gasteiger partial charge in [-0.15, -0.1) is 0 Å². The smallest absolute Gasteiger partial charge is 0.340 e. The summed E-state index contributed by atoms with van der Waals surface area (Å²) in [6, 6.07) is 12.4. The lowest BCUT2D eigenvalue weighted by atomic mass is 9.99. The first kappa shape index (κ1) is 21.4. The molecule has 2 atom stereocenters. The maximum Gasteiger partial charge on any atom is 0.340 e. The van der Waals surface area contributed by atoms with Crippen molar-refractivity contribution in [1.29, 1.82) is 0 Å². The van der Waals surface area contributed by atoms with Crippen LogP contribution in [0.1, 0.15) is 11.1 Å². The number of hydrogen-bond acceptors (Lipinski definition) is 7. The summed E-state index contributed by atoms with van der Waals surface area (Å²) >= 11 is 0. The Kier molecular flexibility index (Phi) is 5.10. The number of nitrogens with one attached hydrogen (secondary N) is 1. The van der Waals surface area contributed by atoms with Crippen LogP contribution in [0.4, 0.5) is 0 Å². The first-order chi connectivity index (χ1) is 15.7. The number of aryl methyl sites for hydroxylation is 1. The van der Waals surface area contributed by atoms with Gasteiger partial charge in [-0.3, -0.25) is 4.79 Å². The standard InChI is InChI=1S/C24H21NO7S/c1-13-15-7-17-18(14-5-3-2-4-6-14)10-31-21(17)9-22(15)32-24(28)16(13)8-23(27)25-19-11-33(29,30)12-20(19)26/h2-7,9-10,19-20,26H,8,11-12H2,1H3,(H,25,27)/t19-,20-/m0/s1. The molecule has 0 saturated carbocycles. The Balaban J connectivity index is 1.51. The van der Waals surface area contributed by atoms with E-state index in [1.807, 2.05) is 36.4 Å². The Hall–Kier alpha value is -3.43. The van der Waals surface area contributed by atoms with Crippen molar-refractivity contribution in [2.24, 2.45) is 0 Å². The summed E-state index contributed by atoms with van der Waals surface area (Å²) in [5, 5.41) is 14.0. The molecule has 2 aromatic heterocycles. The fourth-order valence-electron chi connectivity index (χ4n) is 4.34. The molecule has 3 heterocycles. The van der Waals surface area contributed by atoms with E-state index in [1.165, 1.54) is 0 Å². The summed E-state index contributed by atoms with van der Waals surface area (Å²) in [6.45, 7) is 1.74. The first-order valence-corrected chi connectivity index (χ1v) is 12.2. The highest BCUT2D eigenvalue weighted by Crippen LogP contribution is 2.34. The molecular formula is C24H21NO7S. The molecule has 2 N–H and O–H groups in total. The Morgan fingerprint density at radius 1 is 1.12 bits per heavy atom. The van der Waals surface area contributed by atoms with Crippen molar-refractivity contribution in [1.82, 2.24) is 5.32 Å². The fourth-order valence-corrected chi connectivity index (χ4v) is 6.08. The van der Waals surface area contributed by atoms with Crippen LogP contribution in [0.3, 0.4) is 0 Å². The monoisotopic (exact) mass is 467 g/mol. The van der Waals surface area contributed by atoms with E-state index in [0.29, 0.717) is 22.1 Å². The van der Waals surface area contributed by atoms with E-state index >= 15 is 0 Å². The number of fused-ring (bicyclic) bond motifs is 2. The molecule has 33 heavy (non-hydrogen) atoms. The van der Waals surface area contributed by atoms with Gasteiger partial charge in [0.15, 0.2) is 9.84 Å². The predicted molar refractivity (Wildman–Crippen MR) is 123 cm³/mol. The van der Waals surface area contributed by atoms with E-state index in [9.17, 15) is 23.1 Å². The molecule has 1 saturated heterocycles. The average molecular weight is 467 g/mol. The zero-order chi connectivity index (χ0) is 23.3. The lowest BCUT2D eigenvalue weighted by molar-refractivity contribution is -0.121. The second-order valence-corrected chi connectivity index (χ2v) is 10.5. The van der Waals surface area contributed by atoms with Crippen molar-refractivity contribution in [2.45, 2.75) is 25.5 Å². The minimum Gasteiger partial charge on any atom is -0.464 e. The van der Waals surface area contributed by atoms with Gasteiger partial charge in [0.1, 0.15) is 11.2 Å². The van der Waals surface area contributed by atoms with Crippen molar-refractivity contribution in [3.05, 3.63) is 70.3 Å². The van der Waals surface area contributed by atoms with Gasteiger partial charge >= 0.3 is 5.63 Å². The number of aliphatic hydroxyl groups is 1. The number of amides is 1. The maximum absolute atomic E-state index is 12.6. The average Bonchev–Trinajstić information content (AvgIpc) is 3.29. The molecule has 2 aromatic carbocycles. The SMILES string of the molecule is Cc1c(CC(=O)N[C@H]2CS(=O)(=O)C[C@@H]2O)c(=O)oc2cc3occ(-c4ccccc4)c3cc12. The number of hydrogen-bond donors (Lipinski definition) is 2. The normalized spacial score (nSPS) is 19.8. The summed E-state index contributed by atoms with van der Waals surface area (Å²) < 4.78 is 34.5. The predicted octanol–water partition coefficient (Wildman–Crippen LogP) is 2.33. The van der Waals surface area contributed by atoms with Crippen molar-refractivity contribution in [3.63, 3.8) is 0 Å². The quantitative estimate of drug-likeness (QED) is 0.441. The van der Waals surface area contributed by atoms with Gasteiger partial charge in [0.2, 0.25) is 5.91 Å². The van der Waals surface area contributed by atoms with Gasteiger partial charge in [-0.2, -0.15) is 0 Å². The third-order valence-electron chi connectivity index (χ3n) is 6.07. The third-order valence-corrected chi connectivity index (χ3v) is 7.79.